The summed E-state index contributed by atoms with van der Waals surface area (Å²) in [5.74, 6) is 5.67. The lowest BCUT2D eigenvalue weighted by Gasteiger charge is -2.32. The number of hydrogen-bond donors (Lipinski definition) is 1. The summed E-state index contributed by atoms with van der Waals surface area (Å²) in [6, 6.07) is 8.94. The van der Waals surface area contributed by atoms with Gasteiger partial charge in [0, 0.05) is 56.6 Å². The SMILES string of the molecule is CCc1ccc(C(=O)Nc2cc(CN3CCN(C)CC3)cc(C(F)(F)F)c2)cc1C#Cc1cncn1C. The number of carbonyl (C=O) groups excluding carboxylic acids is 1. The van der Waals surface area contributed by atoms with Crippen molar-refractivity contribution in [3.63, 3.8) is 0 Å². The first-order valence-corrected chi connectivity index (χ1v) is 12.2. The van der Waals surface area contributed by atoms with Gasteiger partial charge in [0.2, 0.25) is 0 Å². The molecule has 0 atom stereocenters. The summed E-state index contributed by atoms with van der Waals surface area (Å²) >= 11 is 0. The quantitative estimate of drug-likeness (QED) is 0.518. The molecule has 194 valence electrons. The third-order valence-electron chi connectivity index (χ3n) is 6.47. The highest BCUT2D eigenvalue weighted by molar-refractivity contribution is 6.04. The number of aryl methyl sites for hydroxylation is 2. The summed E-state index contributed by atoms with van der Waals surface area (Å²) in [5, 5.41) is 2.67. The minimum atomic E-state index is -4.52. The second-order valence-corrected chi connectivity index (χ2v) is 9.32. The van der Waals surface area contributed by atoms with Gasteiger partial charge in [-0.3, -0.25) is 9.69 Å². The minimum Gasteiger partial charge on any atom is -0.327 e. The highest BCUT2D eigenvalue weighted by atomic mass is 19.4. The van der Waals surface area contributed by atoms with Crippen molar-refractivity contribution in [3.8, 4) is 11.8 Å². The molecule has 1 amide bonds. The van der Waals surface area contributed by atoms with Crippen molar-refractivity contribution in [2.24, 2.45) is 7.05 Å². The largest absolute Gasteiger partial charge is 0.416 e. The molecule has 0 aliphatic carbocycles. The lowest BCUT2D eigenvalue weighted by Crippen LogP contribution is -2.43. The molecule has 1 aliphatic rings. The van der Waals surface area contributed by atoms with E-state index in [9.17, 15) is 18.0 Å². The average molecular weight is 510 g/mol. The number of likely N-dealkylation sites (N-methyl/N-ethyl adjacent to an activating group) is 1. The molecule has 0 spiro atoms. The van der Waals surface area contributed by atoms with Gasteiger partial charge in [0.25, 0.3) is 5.91 Å². The molecule has 6 nitrogen and oxygen atoms in total. The summed E-state index contributed by atoms with van der Waals surface area (Å²) in [6.07, 6.45) is -0.486. The Morgan fingerprint density at radius 2 is 1.81 bits per heavy atom. The van der Waals surface area contributed by atoms with E-state index < -0.39 is 17.6 Å². The molecule has 1 aliphatic heterocycles. The van der Waals surface area contributed by atoms with Gasteiger partial charge in [-0.15, -0.1) is 0 Å². The molecule has 2 heterocycles. The molecule has 9 heteroatoms. The number of hydrogen-bond acceptors (Lipinski definition) is 4. The molecule has 1 aromatic heterocycles. The van der Waals surface area contributed by atoms with E-state index in [1.165, 1.54) is 0 Å². The fourth-order valence-electron chi connectivity index (χ4n) is 4.24. The zero-order valence-corrected chi connectivity index (χ0v) is 21.2. The van der Waals surface area contributed by atoms with Gasteiger partial charge >= 0.3 is 6.18 Å². The molecule has 0 bridgehead atoms. The first kappa shape index (κ1) is 26.5. The van der Waals surface area contributed by atoms with Crippen molar-refractivity contribution in [2.75, 3.05) is 38.5 Å². The van der Waals surface area contributed by atoms with Gasteiger partial charge in [0.1, 0.15) is 5.69 Å². The van der Waals surface area contributed by atoms with Crippen LogP contribution in [-0.2, 0) is 26.2 Å². The Morgan fingerprint density at radius 1 is 1.05 bits per heavy atom. The molecule has 3 aromatic rings. The number of anilines is 1. The standard InChI is InChI=1S/C28H30F3N5O/c1-4-21-5-6-23(15-22(21)7-8-26-17-32-19-35(26)3)27(37)33-25-14-20(13-24(16-25)28(29,30)31)18-36-11-9-34(2)10-12-36/h5-6,13-17,19H,4,9-12,18H2,1-3H3,(H,33,37). The number of alkyl halides is 3. The second kappa shape index (κ2) is 11.2. The lowest BCUT2D eigenvalue weighted by molar-refractivity contribution is -0.137. The molecule has 4 rings (SSSR count). The Bertz CT molecular complexity index is 1330. The maximum absolute atomic E-state index is 13.6. The maximum Gasteiger partial charge on any atom is 0.416 e. The van der Waals surface area contributed by atoms with E-state index in [2.05, 4.69) is 31.9 Å². The average Bonchev–Trinajstić information content (AvgIpc) is 3.27. The predicted molar refractivity (Wildman–Crippen MR) is 137 cm³/mol. The van der Waals surface area contributed by atoms with Crippen LogP contribution in [0.1, 0.15) is 45.2 Å². The normalized spacial score (nSPS) is 14.8. The molecular formula is C28H30F3N5O. The van der Waals surface area contributed by atoms with Crippen LogP contribution in [0.4, 0.5) is 18.9 Å². The van der Waals surface area contributed by atoms with Gasteiger partial charge in [-0.25, -0.2) is 4.98 Å². The predicted octanol–water partition coefficient (Wildman–Crippen LogP) is 4.40. The monoisotopic (exact) mass is 509 g/mol. The summed E-state index contributed by atoms with van der Waals surface area (Å²) in [7, 11) is 3.87. The Kier molecular flexibility index (Phi) is 8.00. The highest BCUT2D eigenvalue weighted by Gasteiger charge is 2.31. The zero-order chi connectivity index (χ0) is 26.6. The van der Waals surface area contributed by atoms with Crippen LogP contribution in [0.25, 0.3) is 0 Å². The molecular weight excluding hydrogens is 479 g/mol. The van der Waals surface area contributed by atoms with E-state index in [0.29, 0.717) is 23.2 Å². The Morgan fingerprint density at radius 3 is 2.46 bits per heavy atom. The molecule has 0 saturated carbocycles. The topological polar surface area (TPSA) is 53.4 Å². The van der Waals surface area contributed by atoms with Gasteiger partial charge in [-0.1, -0.05) is 18.9 Å². The molecule has 1 saturated heterocycles. The van der Waals surface area contributed by atoms with E-state index in [-0.39, 0.29) is 5.69 Å². The van der Waals surface area contributed by atoms with Gasteiger partial charge in [0.15, 0.2) is 0 Å². The molecule has 0 unspecified atom stereocenters. The Hall–Kier alpha value is -3.61. The van der Waals surface area contributed by atoms with Crippen LogP contribution in [-0.4, -0.2) is 58.5 Å². The summed E-state index contributed by atoms with van der Waals surface area (Å²) in [4.78, 5) is 21.4. The molecule has 2 aromatic carbocycles. The number of aromatic nitrogens is 2. The van der Waals surface area contributed by atoms with E-state index in [1.807, 2.05) is 27.1 Å². The number of amides is 1. The van der Waals surface area contributed by atoms with Gasteiger partial charge in [-0.05, 0) is 60.8 Å². The van der Waals surface area contributed by atoms with Crippen molar-refractivity contribution in [3.05, 3.63) is 82.4 Å². The number of nitrogens with zero attached hydrogens (tertiary/aromatic N) is 4. The summed E-state index contributed by atoms with van der Waals surface area (Å²) in [5.41, 5.74) is 2.57. The van der Waals surface area contributed by atoms with Crippen LogP contribution in [0.15, 0.2) is 48.9 Å². The van der Waals surface area contributed by atoms with Crippen molar-refractivity contribution >= 4 is 11.6 Å². The summed E-state index contributed by atoms with van der Waals surface area (Å²) in [6.45, 7) is 5.67. The number of piperazine rings is 1. The zero-order valence-electron chi connectivity index (χ0n) is 21.2. The number of halogens is 3. The number of benzene rings is 2. The first-order chi connectivity index (χ1) is 17.6. The Labute approximate surface area is 215 Å². The maximum atomic E-state index is 13.6. The van der Waals surface area contributed by atoms with Crippen molar-refractivity contribution in [1.82, 2.24) is 19.4 Å². The van der Waals surface area contributed by atoms with Gasteiger partial charge < -0.3 is 14.8 Å². The van der Waals surface area contributed by atoms with Gasteiger partial charge in [0.05, 0.1) is 18.1 Å². The molecule has 1 N–H and O–H groups in total. The summed E-state index contributed by atoms with van der Waals surface area (Å²) < 4.78 is 42.7. The van der Waals surface area contributed by atoms with Crippen LogP contribution >= 0.6 is 0 Å². The lowest BCUT2D eigenvalue weighted by atomic mass is 10.0. The molecule has 37 heavy (non-hydrogen) atoms. The van der Waals surface area contributed by atoms with E-state index in [0.717, 1.165) is 56.0 Å². The molecule has 1 fully saturated rings. The fraction of sp³-hybridized carbons (Fsp3) is 0.357. The highest BCUT2D eigenvalue weighted by Crippen LogP contribution is 2.32. The van der Waals surface area contributed by atoms with E-state index >= 15 is 0 Å². The van der Waals surface area contributed by atoms with Crippen molar-refractivity contribution < 1.29 is 18.0 Å². The minimum absolute atomic E-state index is 0.117. The Balaban J connectivity index is 1.58. The third kappa shape index (κ3) is 6.79. The fourth-order valence-corrected chi connectivity index (χ4v) is 4.24. The van der Waals surface area contributed by atoms with Crippen LogP contribution in [0.2, 0.25) is 0 Å². The van der Waals surface area contributed by atoms with Gasteiger partial charge in [-0.2, -0.15) is 13.2 Å². The van der Waals surface area contributed by atoms with Crippen LogP contribution in [0.5, 0.6) is 0 Å². The van der Waals surface area contributed by atoms with Crippen LogP contribution in [0, 0.1) is 11.8 Å². The third-order valence-corrected chi connectivity index (χ3v) is 6.47. The number of carbonyl (C=O) groups is 1. The van der Waals surface area contributed by atoms with E-state index in [1.54, 1.807) is 35.3 Å². The number of imidazole rings is 1. The second-order valence-electron chi connectivity index (χ2n) is 9.32. The number of nitrogens with one attached hydrogen (secondary N) is 1. The van der Waals surface area contributed by atoms with Crippen LogP contribution in [0.3, 0.4) is 0 Å². The number of rotatable bonds is 5. The van der Waals surface area contributed by atoms with E-state index in [4.69, 9.17) is 0 Å². The van der Waals surface area contributed by atoms with Crippen molar-refractivity contribution in [1.29, 1.82) is 0 Å². The first-order valence-electron chi connectivity index (χ1n) is 12.2. The smallest absolute Gasteiger partial charge is 0.327 e. The van der Waals surface area contributed by atoms with Crippen LogP contribution < -0.4 is 5.32 Å². The van der Waals surface area contributed by atoms with Crippen molar-refractivity contribution in [2.45, 2.75) is 26.1 Å². The molecule has 0 radical (unpaired) electrons.